The molecule has 0 atom stereocenters. The Labute approximate surface area is 116 Å². The van der Waals surface area contributed by atoms with Crippen molar-refractivity contribution in [3.8, 4) is 0 Å². The van der Waals surface area contributed by atoms with E-state index < -0.39 is 0 Å². The van der Waals surface area contributed by atoms with Gasteiger partial charge in [0.2, 0.25) is 5.91 Å². The normalized spacial score (nSPS) is 10.8. The Balaban J connectivity index is 1.92. The van der Waals surface area contributed by atoms with Crippen molar-refractivity contribution in [1.82, 2.24) is 19.0 Å². The van der Waals surface area contributed by atoms with E-state index in [1.54, 1.807) is 6.08 Å². The van der Waals surface area contributed by atoms with Crippen LogP contribution >= 0.6 is 11.7 Å². The van der Waals surface area contributed by atoms with Gasteiger partial charge in [0.15, 0.2) is 0 Å². The number of rotatable bonds is 6. The van der Waals surface area contributed by atoms with Crippen LogP contribution in [0.2, 0.25) is 0 Å². The molecule has 1 aromatic carbocycles. The highest BCUT2D eigenvalue weighted by molar-refractivity contribution is 7.00. The van der Waals surface area contributed by atoms with E-state index in [-0.39, 0.29) is 5.91 Å². The van der Waals surface area contributed by atoms with Gasteiger partial charge in [-0.05, 0) is 24.7 Å². The number of nitrogens with zero attached hydrogens (tertiary/aromatic N) is 3. The quantitative estimate of drug-likeness (QED) is 0.811. The molecule has 0 saturated heterocycles. The van der Waals surface area contributed by atoms with Crippen molar-refractivity contribution in [2.24, 2.45) is 0 Å². The first kappa shape index (κ1) is 13.6. The van der Waals surface area contributed by atoms with Crippen LogP contribution in [0.3, 0.4) is 0 Å². The van der Waals surface area contributed by atoms with Gasteiger partial charge in [-0.2, -0.15) is 8.75 Å². The van der Waals surface area contributed by atoms with Gasteiger partial charge in [-0.3, -0.25) is 9.69 Å². The lowest BCUT2D eigenvalue weighted by molar-refractivity contribution is -0.121. The predicted molar refractivity (Wildman–Crippen MR) is 77.0 cm³/mol. The molecule has 1 aromatic heterocycles. The van der Waals surface area contributed by atoms with Crippen molar-refractivity contribution < 1.29 is 4.79 Å². The fourth-order valence-corrected chi connectivity index (χ4v) is 2.30. The Bertz CT molecular complexity index is 581. The van der Waals surface area contributed by atoms with Crippen LogP contribution in [0.15, 0.2) is 30.9 Å². The number of nitrogens with one attached hydrogen (secondary N) is 1. The average Bonchev–Trinajstić information content (AvgIpc) is 2.83. The maximum atomic E-state index is 11.6. The van der Waals surface area contributed by atoms with E-state index in [0.717, 1.165) is 16.6 Å². The lowest BCUT2D eigenvalue weighted by atomic mass is 10.2. The van der Waals surface area contributed by atoms with Gasteiger partial charge in [-0.15, -0.1) is 6.58 Å². The Morgan fingerprint density at radius 3 is 3.05 bits per heavy atom. The third kappa shape index (κ3) is 3.84. The minimum atomic E-state index is -0.00111. The number of benzene rings is 1. The van der Waals surface area contributed by atoms with Gasteiger partial charge in [0, 0.05) is 13.1 Å². The molecule has 19 heavy (non-hydrogen) atoms. The smallest absolute Gasteiger partial charge is 0.234 e. The van der Waals surface area contributed by atoms with Crippen LogP contribution < -0.4 is 5.32 Å². The van der Waals surface area contributed by atoms with Crippen LogP contribution in [0, 0.1) is 0 Å². The first-order valence-electron chi connectivity index (χ1n) is 5.96. The average molecular weight is 276 g/mol. The molecule has 100 valence electrons. The number of hydrogen-bond acceptors (Lipinski definition) is 5. The molecule has 0 aliphatic rings. The van der Waals surface area contributed by atoms with Crippen molar-refractivity contribution in [3.05, 3.63) is 36.4 Å². The van der Waals surface area contributed by atoms with Crippen molar-refractivity contribution in [2.45, 2.75) is 6.54 Å². The summed E-state index contributed by atoms with van der Waals surface area (Å²) in [5, 5.41) is 2.76. The predicted octanol–water partition coefficient (Wildman–Crippen LogP) is 1.43. The molecule has 2 rings (SSSR count). The minimum absolute atomic E-state index is 0.00111. The maximum Gasteiger partial charge on any atom is 0.234 e. The van der Waals surface area contributed by atoms with Crippen LogP contribution in [-0.2, 0) is 11.3 Å². The van der Waals surface area contributed by atoms with E-state index in [2.05, 4.69) is 20.6 Å². The molecule has 1 heterocycles. The zero-order chi connectivity index (χ0) is 13.7. The fraction of sp³-hybridized carbons (Fsp3) is 0.308. The first-order valence-corrected chi connectivity index (χ1v) is 6.69. The Morgan fingerprint density at radius 2 is 2.26 bits per heavy atom. The van der Waals surface area contributed by atoms with Gasteiger partial charge < -0.3 is 5.32 Å². The summed E-state index contributed by atoms with van der Waals surface area (Å²) in [5.74, 6) is -0.00111. The van der Waals surface area contributed by atoms with Gasteiger partial charge >= 0.3 is 0 Å². The molecule has 0 aliphatic heterocycles. The summed E-state index contributed by atoms with van der Waals surface area (Å²) in [6, 6.07) is 5.98. The van der Waals surface area contributed by atoms with Crippen molar-refractivity contribution in [1.29, 1.82) is 0 Å². The van der Waals surface area contributed by atoms with E-state index in [4.69, 9.17) is 0 Å². The summed E-state index contributed by atoms with van der Waals surface area (Å²) in [6.07, 6.45) is 1.67. The molecular formula is C13H16N4OS. The Hall–Kier alpha value is -1.79. The first-order chi connectivity index (χ1) is 9.19. The summed E-state index contributed by atoms with van der Waals surface area (Å²) in [6.45, 7) is 5.13. The Morgan fingerprint density at radius 1 is 1.47 bits per heavy atom. The van der Waals surface area contributed by atoms with Gasteiger partial charge in [0.25, 0.3) is 0 Å². The van der Waals surface area contributed by atoms with Gasteiger partial charge in [0.05, 0.1) is 18.3 Å². The lowest BCUT2D eigenvalue weighted by Gasteiger charge is -2.15. The zero-order valence-electron chi connectivity index (χ0n) is 10.8. The maximum absolute atomic E-state index is 11.6. The molecule has 5 nitrogen and oxygen atoms in total. The van der Waals surface area contributed by atoms with Gasteiger partial charge in [0.1, 0.15) is 11.0 Å². The summed E-state index contributed by atoms with van der Waals surface area (Å²) in [7, 11) is 1.91. The highest BCUT2D eigenvalue weighted by Gasteiger charge is 2.07. The molecule has 0 fully saturated rings. The molecule has 6 heteroatoms. The number of amides is 1. The molecule has 0 aliphatic carbocycles. The second-order valence-electron chi connectivity index (χ2n) is 4.35. The zero-order valence-corrected chi connectivity index (χ0v) is 11.6. The molecule has 2 aromatic rings. The van der Waals surface area contributed by atoms with E-state index in [0.29, 0.717) is 19.6 Å². The fourth-order valence-electron chi connectivity index (χ4n) is 1.78. The van der Waals surface area contributed by atoms with E-state index in [1.807, 2.05) is 30.1 Å². The minimum Gasteiger partial charge on any atom is -0.352 e. The number of aromatic nitrogens is 2. The molecule has 1 amide bonds. The van der Waals surface area contributed by atoms with E-state index >= 15 is 0 Å². The van der Waals surface area contributed by atoms with Crippen LogP contribution in [0.4, 0.5) is 0 Å². The summed E-state index contributed by atoms with van der Waals surface area (Å²) in [4.78, 5) is 13.5. The number of likely N-dealkylation sites (N-methyl/N-ethyl adjacent to an activating group) is 1. The molecule has 0 bridgehead atoms. The highest BCUT2D eigenvalue weighted by Crippen LogP contribution is 2.14. The Kier molecular flexibility index (Phi) is 4.59. The van der Waals surface area contributed by atoms with Gasteiger partial charge in [-0.25, -0.2) is 0 Å². The third-order valence-electron chi connectivity index (χ3n) is 2.63. The molecular weight excluding hydrogens is 260 g/mol. The second kappa shape index (κ2) is 6.40. The standard InChI is InChI=1S/C13H16N4OS/c1-3-6-14-13(18)9-17(2)8-10-4-5-11-12(7-10)16-19-15-11/h3-5,7H,1,6,8-9H2,2H3,(H,14,18). The molecule has 0 unspecified atom stereocenters. The monoisotopic (exact) mass is 276 g/mol. The molecule has 0 spiro atoms. The van der Waals surface area contributed by atoms with Crippen LogP contribution in [-0.4, -0.2) is 39.7 Å². The summed E-state index contributed by atoms with van der Waals surface area (Å²) >= 11 is 1.21. The summed E-state index contributed by atoms with van der Waals surface area (Å²) < 4.78 is 8.37. The summed E-state index contributed by atoms with van der Waals surface area (Å²) in [5.41, 5.74) is 2.95. The number of fused-ring (bicyclic) bond motifs is 1. The molecule has 0 saturated carbocycles. The molecule has 1 N–H and O–H groups in total. The van der Waals surface area contributed by atoms with Crippen LogP contribution in [0.1, 0.15) is 5.56 Å². The van der Waals surface area contributed by atoms with E-state index in [9.17, 15) is 4.79 Å². The van der Waals surface area contributed by atoms with Crippen molar-refractivity contribution >= 4 is 28.7 Å². The van der Waals surface area contributed by atoms with E-state index in [1.165, 1.54) is 11.7 Å². The number of carbonyl (C=O) groups excluding carboxylic acids is 1. The number of hydrogen-bond donors (Lipinski definition) is 1. The lowest BCUT2D eigenvalue weighted by Crippen LogP contribution is -2.34. The number of carbonyl (C=O) groups is 1. The van der Waals surface area contributed by atoms with Crippen molar-refractivity contribution in [3.63, 3.8) is 0 Å². The third-order valence-corrected chi connectivity index (χ3v) is 3.18. The largest absolute Gasteiger partial charge is 0.352 e. The van der Waals surface area contributed by atoms with Crippen LogP contribution in [0.25, 0.3) is 11.0 Å². The SMILES string of the molecule is C=CCNC(=O)CN(C)Cc1ccc2nsnc2c1. The van der Waals surface area contributed by atoms with Gasteiger partial charge in [-0.1, -0.05) is 12.1 Å². The second-order valence-corrected chi connectivity index (χ2v) is 4.88. The highest BCUT2D eigenvalue weighted by atomic mass is 32.1. The molecule has 0 radical (unpaired) electrons. The topological polar surface area (TPSA) is 58.1 Å². The van der Waals surface area contributed by atoms with Crippen molar-refractivity contribution in [2.75, 3.05) is 20.1 Å². The van der Waals surface area contributed by atoms with Crippen LogP contribution in [0.5, 0.6) is 0 Å².